The van der Waals surface area contributed by atoms with Gasteiger partial charge < -0.3 is 31.0 Å². The van der Waals surface area contributed by atoms with Crippen LogP contribution in [-0.4, -0.2) is 46.9 Å². The molecule has 5 aromatic rings. The number of nitrogens with one attached hydrogen (secondary N) is 1. The van der Waals surface area contributed by atoms with Gasteiger partial charge in [0, 0.05) is 30.9 Å². The predicted octanol–water partition coefficient (Wildman–Crippen LogP) is 6.01. The first-order valence-electron chi connectivity index (χ1n) is 15.8. The average molecular weight is 707 g/mol. The molecule has 0 saturated heterocycles. The van der Waals surface area contributed by atoms with E-state index in [9.17, 15) is 31.5 Å². The zero-order valence-corrected chi connectivity index (χ0v) is 27.3. The molecule has 266 valence electrons. The Hall–Kier alpha value is -5.50. The Morgan fingerprint density at radius 2 is 1.57 bits per heavy atom. The van der Waals surface area contributed by atoms with Gasteiger partial charge in [0.05, 0.1) is 29.5 Å². The number of nitrogens with zero attached hydrogens (tertiary/aromatic N) is 3. The van der Waals surface area contributed by atoms with Crippen LogP contribution in [0.5, 0.6) is 5.75 Å². The predicted molar refractivity (Wildman–Crippen MR) is 183 cm³/mol. The minimum atomic E-state index is -4.82. The van der Waals surface area contributed by atoms with Crippen molar-refractivity contribution in [3.63, 3.8) is 0 Å². The van der Waals surface area contributed by atoms with Gasteiger partial charge in [-0.2, -0.15) is 0 Å². The standard InChI is InChI=1S/C37H35F5N6O3/c1-3-47(4-2)26-11-8-24(9-12-26)35-45-32-19-25(10-16-33(32)48(35)21-22-5-13-27(14-6-22)51-37(40,41)42)31(20-34(44)49)46-36(50)30(43)18-23-7-15-28(38)29(39)17-23/h5-17,19,30-31H,1-4,18,20-21,43H2,(H2,44,49)(H,46,50)/t30-,31?/m0/s1. The van der Waals surface area contributed by atoms with Crippen molar-refractivity contribution in [3.05, 3.63) is 127 Å². The lowest BCUT2D eigenvalue weighted by molar-refractivity contribution is -0.274. The number of imidazole rings is 1. The number of hydrogen-bond donors (Lipinski definition) is 3. The summed E-state index contributed by atoms with van der Waals surface area (Å²) < 4.78 is 71.2. The van der Waals surface area contributed by atoms with Crippen LogP contribution < -0.4 is 26.4 Å². The molecule has 0 aliphatic rings. The number of nitrogens with two attached hydrogens (primary N) is 2. The zero-order valence-electron chi connectivity index (χ0n) is 27.3. The Morgan fingerprint density at radius 3 is 2.18 bits per heavy atom. The molecule has 0 saturated carbocycles. The van der Waals surface area contributed by atoms with E-state index in [0.29, 0.717) is 46.6 Å². The molecule has 14 heteroatoms. The lowest BCUT2D eigenvalue weighted by Crippen LogP contribution is -2.44. The summed E-state index contributed by atoms with van der Waals surface area (Å²) in [5.74, 6) is -3.24. The summed E-state index contributed by atoms with van der Waals surface area (Å²) in [4.78, 5) is 32.1. The second kappa shape index (κ2) is 15.6. The Labute approximate surface area is 291 Å². The van der Waals surface area contributed by atoms with Crippen LogP contribution in [0.25, 0.3) is 22.4 Å². The van der Waals surface area contributed by atoms with Crippen LogP contribution in [0.4, 0.5) is 27.6 Å². The molecular formula is C37H35F5N6O3. The molecule has 2 atom stereocenters. The number of carbonyl (C=O) groups excluding carboxylic acids is 2. The number of amides is 2. The number of fused-ring (bicyclic) bond motifs is 1. The van der Waals surface area contributed by atoms with Gasteiger partial charge in [0.2, 0.25) is 11.8 Å². The number of ether oxygens (including phenoxy) is 1. The van der Waals surface area contributed by atoms with Gasteiger partial charge in [0.25, 0.3) is 0 Å². The van der Waals surface area contributed by atoms with Gasteiger partial charge in [-0.1, -0.05) is 24.3 Å². The summed E-state index contributed by atoms with van der Waals surface area (Å²) >= 11 is 0. The topological polar surface area (TPSA) is 128 Å². The van der Waals surface area contributed by atoms with Gasteiger partial charge in [0.1, 0.15) is 11.6 Å². The van der Waals surface area contributed by atoms with E-state index in [1.54, 1.807) is 18.2 Å². The Bertz CT molecular complexity index is 1990. The highest BCUT2D eigenvalue weighted by Crippen LogP contribution is 2.31. The number of benzene rings is 4. The summed E-state index contributed by atoms with van der Waals surface area (Å²) in [5, 5.41) is 2.74. The third kappa shape index (κ3) is 9.19. The van der Waals surface area contributed by atoms with Crippen LogP contribution in [0.15, 0.2) is 84.9 Å². The van der Waals surface area contributed by atoms with E-state index in [0.717, 1.165) is 23.4 Å². The quantitative estimate of drug-likeness (QED) is 0.122. The van der Waals surface area contributed by atoms with Crippen molar-refractivity contribution in [2.24, 2.45) is 11.5 Å². The zero-order chi connectivity index (χ0) is 36.9. The Balaban J connectivity index is 1.48. The summed E-state index contributed by atoms with van der Waals surface area (Å²) in [5.41, 5.74) is 15.9. The van der Waals surface area contributed by atoms with E-state index in [1.807, 2.05) is 33.7 Å². The number of halogens is 5. The first-order chi connectivity index (χ1) is 24.2. The first kappa shape index (κ1) is 36.8. The summed E-state index contributed by atoms with van der Waals surface area (Å²) in [6.45, 7) is 9.11. The van der Waals surface area contributed by atoms with Gasteiger partial charge in [-0.25, -0.2) is 13.8 Å². The average Bonchev–Trinajstić information content (AvgIpc) is 3.44. The van der Waals surface area contributed by atoms with Crippen LogP contribution in [0.3, 0.4) is 0 Å². The molecule has 2 amide bonds. The molecule has 0 bridgehead atoms. The van der Waals surface area contributed by atoms with E-state index in [1.165, 1.54) is 30.3 Å². The molecule has 1 aromatic heterocycles. The maximum absolute atomic E-state index is 13.7. The minimum absolute atomic E-state index is 0.0947. The first-order valence-corrected chi connectivity index (χ1v) is 15.8. The molecular weight excluding hydrogens is 671 g/mol. The van der Waals surface area contributed by atoms with Gasteiger partial charge in [-0.3, -0.25) is 9.59 Å². The summed E-state index contributed by atoms with van der Waals surface area (Å²) in [6, 6.07) is 19.4. The van der Waals surface area contributed by atoms with Crippen molar-refractivity contribution < 1.29 is 36.3 Å². The number of aromatic nitrogens is 2. The molecule has 5 rings (SSSR count). The molecule has 4 aromatic carbocycles. The third-order valence-electron chi connectivity index (χ3n) is 8.20. The molecule has 1 unspecified atom stereocenters. The second-order valence-electron chi connectivity index (χ2n) is 11.8. The molecule has 2 radical (unpaired) electrons. The number of anilines is 1. The fourth-order valence-corrected chi connectivity index (χ4v) is 5.66. The lowest BCUT2D eigenvalue weighted by atomic mass is 10.0. The number of primary amides is 1. The molecule has 5 N–H and O–H groups in total. The SMILES string of the molecule is [CH2]CN(C[CH2])c1ccc(-c2nc3cc(C(CC(N)=O)NC(=O)[C@@H](N)Cc4ccc(F)c(F)c4)ccc3n2Cc2ccc(OC(F)(F)F)cc2)cc1. The third-order valence-corrected chi connectivity index (χ3v) is 8.20. The van der Waals surface area contributed by atoms with Crippen molar-refractivity contribution in [2.75, 3.05) is 18.0 Å². The van der Waals surface area contributed by atoms with Crippen molar-refractivity contribution in [1.29, 1.82) is 0 Å². The summed E-state index contributed by atoms with van der Waals surface area (Å²) in [7, 11) is 0. The Kier molecular flexibility index (Phi) is 11.2. The number of hydrogen-bond acceptors (Lipinski definition) is 6. The molecule has 0 fully saturated rings. The maximum atomic E-state index is 13.7. The summed E-state index contributed by atoms with van der Waals surface area (Å²) in [6.07, 6.45) is -5.19. The van der Waals surface area contributed by atoms with Crippen LogP contribution in [0.2, 0.25) is 0 Å². The van der Waals surface area contributed by atoms with E-state index < -0.39 is 41.9 Å². The minimum Gasteiger partial charge on any atom is -0.406 e. The van der Waals surface area contributed by atoms with Gasteiger partial charge in [-0.15, -0.1) is 13.2 Å². The number of rotatable bonds is 14. The second-order valence-corrected chi connectivity index (χ2v) is 11.8. The molecule has 0 spiro atoms. The molecule has 0 aliphatic carbocycles. The highest BCUT2D eigenvalue weighted by molar-refractivity contribution is 5.85. The lowest BCUT2D eigenvalue weighted by Gasteiger charge is -2.21. The van der Waals surface area contributed by atoms with Crippen molar-refractivity contribution in [2.45, 2.75) is 37.8 Å². The van der Waals surface area contributed by atoms with Gasteiger partial charge >= 0.3 is 6.36 Å². The normalized spacial score (nSPS) is 12.8. The van der Waals surface area contributed by atoms with Crippen LogP contribution in [0, 0.1) is 25.5 Å². The monoisotopic (exact) mass is 706 g/mol. The van der Waals surface area contributed by atoms with Crippen LogP contribution in [-0.2, 0) is 22.6 Å². The van der Waals surface area contributed by atoms with E-state index in [4.69, 9.17) is 16.5 Å². The Morgan fingerprint density at radius 1 is 0.902 bits per heavy atom. The molecule has 9 nitrogen and oxygen atoms in total. The van der Waals surface area contributed by atoms with Crippen molar-refractivity contribution >= 4 is 28.5 Å². The van der Waals surface area contributed by atoms with Gasteiger partial charge in [-0.05, 0) is 97.6 Å². The van der Waals surface area contributed by atoms with Crippen LogP contribution >= 0.6 is 0 Å². The fraction of sp³-hybridized carbons (Fsp3) is 0.216. The highest BCUT2D eigenvalue weighted by Gasteiger charge is 2.31. The van der Waals surface area contributed by atoms with Crippen molar-refractivity contribution in [1.82, 2.24) is 14.9 Å². The fourth-order valence-electron chi connectivity index (χ4n) is 5.66. The molecule has 1 heterocycles. The van der Waals surface area contributed by atoms with E-state index >= 15 is 0 Å². The smallest absolute Gasteiger partial charge is 0.406 e. The molecule has 0 aliphatic heterocycles. The maximum Gasteiger partial charge on any atom is 0.573 e. The number of alkyl halides is 3. The largest absolute Gasteiger partial charge is 0.573 e. The molecule has 51 heavy (non-hydrogen) atoms. The van der Waals surface area contributed by atoms with Crippen LogP contribution in [0.1, 0.15) is 29.2 Å². The highest BCUT2D eigenvalue weighted by atomic mass is 19.4. The number of carbonyl (C=O) groups is 2. The van der Waals surface area contributed by atoms with Gasteiger partial charge in [0.15, 0.2) is 11.6 Å². The van der Waals surface area contributed by atoms with E-state index in [-0.39, 0.29) is 25.1 Å². The van der Waals surface area contributed by atoms with Crippen molar-refractivity contribution in [3.8, 4) is 17.1 Å². The van der Waals surface area contributed by atoms with E-state index in [2.05, 4.69) is 23.9 Å².